The summed E-state index contributed by atoms with van der Waals surface area (Å²) in [6.45, 7) is 7.55. The number of ether oxygens (including phenoxy) is 6. The highest BCUT2D eigenvalue weighted by molar-refractivity contribution is 5.86. The first-order chi connectivity index (χ1) is 41.7. The summed E-state index contributed by atoms with van der Waals surface area (Å²) in [5.41, 5.74) is 4.63. The van der Waals surface area contributed by atoms with Crippen LogP contribution in [0.3, 0.4) is 0 Å². The van der Waals surface area contributed by atoms with Gasteiger partial charge in [0.1, 0.15) is 34.5 Å². The molecule has 20 heteroatoms. The van der Waals surface area contributed by atoms with Gasteiger partial charge in [-0.1, -0.05) is 132 Å². The number of unbranched alkanes of at least 4 members (excludes halogenated alkanes) is 12. The third-order valence-corrected chi connectivity index (χ3v) is 16.9. The zero-order chi connectivity index (χ0) is 64.6. The van der Waals surface area contributed by atoms with Crippen LogP contribution in [0.1, 0.15) is 196 Å². The van der Waals surface area contributed by atoms with Gasteiger partial charge in [0.25, 0.3) is 0 Å². The largest absolute Gasteiger partial charge is 0.508 e. The number of halogens is 10. The van der Waals surface area contributed by atoms with E-state index in [1.807, 2.05) is 48.5 Å². The number of phenolic OH excluding ortho intramolecular Hbond substituents is 2. The van der Waals surface area contributed by atoms with Gasteiger partial charge in [0.2, 0.25) is 0 Å². The molecule has 0 unspecified atom stereocenters. The maximum Gasteiger partial charge on any atom is 0.453 e. The fraction of sp³-hybridized carbons (Fsp3) is 0.574. The molecular formula is C68H88F10O10. The number of fused-ring (bicyclic) bond motifs is 2. The summed E-state index contributed by atoms with van der Waals surface area (Å²) in [6, 6.07) is 26.6. The summed E-state index contributed by atoms with van der Waals surface area (Å²) < 4.78 is 160. The molecule has 4 atom stereocenters. The summed E-state index contributed by atoms with van der Waals surface area (Å²) in [5, 5.41) is 29.0. The van der Waals surface area contributed by atoms with Gasteiger partial charge in [0.05, 0.1) is 13.2 Å². The summed E-state index contributed by atoms with van der Waals surface area (Å²) >= 11 is 0. The van der Waals surface area contributed by atoms with E-state index in [4.69, 9.17) is 28.4 Å². The minimum absolute atomic E-state index is 0.130. The first-order valence-corrected chi connectivity index (χ1v) is 30.5. The van der Waals surface area contributed by atoms with Gasteiger partial charge in [-0.25, -0.2) is 4.79 Å². The molecule has 0 spiro atoms. The van der Waals surface area contributed by atoms with Gasteiger partial charge in [-0.2, -0.15) is 43.9 Å². The molecule has 88 heavy (non-hydrogen) atoms. The molecular weight excluding hydrogens is 1170 g/mol. The number of carboxylic acids is 1. The number of carboxylic acid groups (broad SMARTS) is 1. The van der Waals surface area contributed by atoms with E-state index in [0.29, 0.717) is 37.6 Å². The van der Waals surface area contributed by atoms with Gasteiger partial charge in [-0.3, -0.25) is 0 Å². The van der Waals surface area contributed by atoms with Crippen LogP contribution < -0.4 is 18.9 Å². The fourth-order valence-corrected chi connectivity index (χ4v) is 11.6. The molecule has 2 aliphatic rings. The van der Waals surface area contributed by atoms with E-state index in [1.165, 1.54) is 17.2 Å². The molecule has 0 bridgehead atoms. The Balaban J connectivity index is 0.000000322. The predicted octanol–water partition coefficient (Wildman–Crippen LogP) is 19.6. The zero-order valence-corrected chi connectivity index (χ0v) is 51.3. The van der Waals surface area contributed by atoms with Crippen LogP contribution in [-0.4, -0.2) is 86.5 Å². The minimum Gasteiger partial charge on any atom is -0.508 e. The molecule has 0 fully saturated rings. The van der Waals surface area contributed by atoms with Crippen molar-refractivity contribution in [1.82, 2.24) is 0 Å². The lowest BCUT2D eigenvalue weighted by molar-refractivity contribution is -0.284. The van der Waals surface area contributed by atoms with Crippen LogP contribution in [0.2, 0.25) is 0 Å². The molecule has 0 aliphatic carbocycles. The number of rotatable bonds is 35. The molecule has 6 rings (SSSR count). The number of benzene rings is 4. The lowest BCUT2D eigenvalue weighted by atomic mass is 9.66. The highest BCUT2D eigenvalue weighted by Gasteiger charge is 2.57. The Morgan fingerprint density at radius 3 is 1.43 bits per heavy atom. The molecule has 2 aliphatic heterocycles. The van der Waals surface area contributed by atoms with Crippen LogP contribution in [0.5, 0.6) is 34.5 Å². The Bertz CT molecular complexity index is 2800. The van der Waals surface area contributed by atoms with Crippen molar-refractivity contribution in [2.45, 2.75) is 209 Å². The number of hydrogen-bond donors (Lipinski definition) is 3. The normalized spacial score (nSPS) is 18.9. The van der Waals surface area contributed by atoms with E-state index < -0.39 is 49.4 Å². The average molecular weight is 1260 g/mol. The minimum atomic E-state index is -5.63. The van der Waals surface area contributed by atoms with Crippen molar-refractivity contribution in [3.05, 3.63) is 130 Å². The van der Waals surface area contributed by atoms with E-state index in [2.05, 4.69) is 32.0 Å². The van der Waals surface area contributed by atoms with Gasteiger partial charge in [-0.15, -0.1) is 0 Å². The van der Waals surface area contributed by atoms with Gasteiger partial charge in [0, 0.05) is 67.4 Å². The van der Waals surface area contributed by atoms with Crippen molar-refractivity contribution in [3.63, 3.8) is 0 Å². The van der Waals surface area contributed by atoms with Crippen LogP contribution in [0.15, 0.2) is 108 Å². The highest BCUT2D eigenvalue weighted by Crippen LogP contribution is 2.52. The van der Waals surface area contributed by atoms with Crippen LogP contribution >= 0.6 is 0 Å². The van der Waals surface area contributed by atoms with Crippen molar-refractivity contribution in [3.8, 4) is 34.5 Å². The summed E-state index contributed by atoms with van der Waals surface area (Å²) in [5.74, 6) is -7.04. The number of hydrogen-bond acceptors (Lipinski definition) is 9. The van der Waals surface area contributed by atoms with Gasteiger partial charge in [-0.05, 0) is 130 Å². The van der Waals surface area contributed by atoms with Crippen molar-refractivity contribution in [2.75, 3.05) is 41.0 Å². The highest BCUT2D eigenvalue weighted by atomic mass is 19.4. The number of phenols is 2. The molecule has 4 aromatic carbocycles. The number of allylic oxidation sites excluding steroid dienone is 3. The number of carbonyl (C=O) groups is 1. The summed E-state index contributed by atoms with van der Waals surface area (Å²) in [4.78, 5) is 11.4. The second-order valence-electron chi connectivity index (χ2n) is 23.7. The number of aromatic hydroxyl groups is 2. The zero-order valence-electron chi connectivity index (χ0n) is 51.3. The molecule has 2 heterocycles. The molecule has 0 amide bonds. The Morgan fingerprint density at radius 2 is 0.943 bits per heavy atom. The summed E-state index contributed by atoms with van der Waals surface area (Å²) in [7, 11) is 3.18. The second-order valence-corrected chi connectivity index (χ2v) is 23.7. The Hall–Kier alpha value is -6.15. The van der Waals surface area contributed by atoms with Crippen molar-refractivity contribution in [2.24, 2.45) is 0 Å². The Labute approximate surface area is 511 Å². The molecule has 3 N–H and O–H groups in total. The molecule has 4 aromatic rings. The molecule has 0 aromatic heterocycles. The number of methoxy groups -OCH3 is 2. The Kier molecular flexibility index (Phi) is 28.2. The van der Waals surface area contributed by atoms with E-state index >= 15 is 0 Å². The number of aliphatic carboxylic acids is 1. The summed E-state index contributed by atoms with van der Waals surface area (Å²) in [6.07, 6.45) is 3.81. The smallest absolute Gasteiger partial charge is 0.453 e. The maximum absolute atomic E-state index is 13.1. The van der Waals surface area contributed by atoms with Gasteiger partial charge >= 0.3 is 30.2 Å². The quantitative estimate of drug-likeness (QED) is 0.0134. The topological polar surface area (TPSA) is 133 Å². The van der Waals surface area contributed by atoms with Gasteiger partial charge < -0.3 is 43.7 Å². The molecule has 10 nitrogen and oxygen atoms in total. The third-order valence-electron chi connectivity index (χ3n) is 16.9. The first-order valence-electron chi connectivity index (χ1n) is 30.5. The van der Waals surface area contributed by atoms with Crippen molar-refractivity contribution in [1.29, 1.82) is 0 Å². The lowest BCUT2D eigenvalue weighted by Crippen LogP contribution is -2.40. The molecule has 0 saturated heterocycles. The fourth-order valence-electron chi connectivity index (χ4n) is 11.6. The Morgan fingerprint density at radius 1 is 0.534 bits per heavy atom. The standard InChI is InChI=1S/C36H49F5O5.C32H39F5O5/c1-27(14-12-22-35(37,38)36(39,40)41)13-10-8-6-5-7-9-11-15-32-31-21-20-30(46-26-43-4)23-33(31)44-24-34(32,2)28-16-18-29(19-17-28)45-25-42-3;1-30(23-13-15-24(38)16-14-23)21-42-28-20-25(39)17-18-26(28)27(30)12-8-6-4-2-3-5-7-10-22(29(40)41)11-9-19-31(33,34)32(35,36)37/h13,16-21,23,32H,5-12,14-15,22,24-26H2,1-4H3;10,13-18,20,27,38-39H,2-9,11-12,19,21H2,1H3,(H,40,41)/t32-,34-;27-,30-/m11/s1. The van der Waals surface area contributed by atoms with Crippen LogP contribution in [0.4, 0.5) is 43.9 Å². The van der Waals surface area contributed by atoms with E-state index in [-0.39, 0.29) is 72.6 Å². The van der Waals surface area contributed by atoms with Crippen LogP contribution in [0.25, 0.3) is 0 Å². The van der Waals surface area contributed by atoms with E-state index in [0.717, 1.165) is 118 Å². The number of alkyl halides is 10. The van der Waals surface area contributed by atoms with Crippen molar-refractivity contribution >= 4 is 5.97 Å². The third kappa shape index (κ3) is 21.5. The average Bonchev–Trinajstić information content (AvgIpc) is 0.912. The monoisotopic (exact) mass is 1250 g/mol. The van der Waals surface area contributed by atoms with E-state index in [9.17, 15) is 64.0 Å². The lowest BCUT2D eigenvalue weighted by Gasteiger charge is -2.43. The first kappa shape index (κ1) is 72.6. The van der Waals surface area contributed by atoms with Gasteiger partial charge in [0.15, 0.2) is 13.6 Å². The van der Waals surface area contributed by atoms with Crippen LogP contribution in [-0.2, 0) is 25.1 Å². The molecule has 0 saturated carbocycles. The second kappa shape index (κ2) is 34.2. The van der Waals surface area contributed by atoms with E-state index in [1.54, 1.807) is 45.4 Å². The van der Waals surface area contributed by atoms with Crippen molar-refractivity contribution < 1.29 is 92.4 Å². The predicted molar refractivity (Wildman–Crippen MR) is 318 cm³/mol. The van der Waals surface area contributed by atoms with Crippen LogP contribution in [0, 0.1) is 0 Å². The SMILES string of the molecule is COCOc1ccc([C@@]2(C)COc3cc(OCOC)ccc3[C@H]2CCCCCCCCC=C(C)CCCC(F)(F)C(F)(F)F)cc1.C[C@]1(c2ccc(O)cc2)COc2cc(O)ccc2[C@H]1CCCCCCCCC=C(CCCC(F)(F)C(F)(F)F)C(=O)O. The maximum atomic E-state index is 13.1. The molecule has 490 valence electrons. The molecule has 0 radical (unpaired) electrons.